The SMILES string of the molecule is C[C@H](NC(=O)[C@@H]([NH3+])CCCCNC(=O)C(F)(F)[C@]1(O)O[C@H](CO)[C@H](O)[C@H](O)[C@H]1O)C(=O)O. The molecule has 0 bridgehead atoms. The van der Waals surface area contributed by atoms with Crippen LogP contribution in [-0.2, 0) is 19.1 Å². The molecule has 186 valence electrons. The lowest BCUT2D eigenvalue weighted by atomic mass is 9.88. The fraction of sp³-hybridized carbons (Fsp3) is 0.824. The summed E-state index contributed by atoms with van der Waals surface area (Å²) in [6.07, 6.45) is -8.44. The van der Waals surface area contributed by atoms with Gasteiger partial charge in [-0.1, -0.05) is 0 Å². The first-order chi connectivity index (χ1) is 14.7. The van der Waals surface area contributed by atoms with Crippen LogP contribution in [0.5, 0.6) is 0 Å². The van der Waals surface area contributed by atoms with E-state index in [9.17, 15) is 43.6 Å². The van der Waals surface area contributed by atoms with Gasteiger partial charge in [-0.05, 0) is 19.8 Å². The van der Waals surface area contributed by atoms with Crippen molar-refractivity contribution in [2.24, 2.45) is 0 Å². The summed E-state index contributed by atoms with van der Waals surface area (Å²) in [7, 11) is 0. The minimum Gasteiger partial charge on any atom is -0.480 e. The molecule has 1 rings (SSSR count). The van der Waals surface area contributed by atoms with Crippen molar-refractivity contribution in [3.05, 3.63) is 0 Å². The van der Waals surface area contributed by atoms with Crippen LogP contribution in [0.2, 0.25) is 0 Å². The number of amides is 2. The maximum atomic E-state index is 14.5. The van der Waals surface area contributed by atoms with Crippen LogP contribution in [-0.4, -0.2) is 110 Å². The molecule has 15 heteroatoms. The number of ether oxygens (including phenoxy) is 1. The Morgan fingerprint density at radius 3 is 2.31 bits per heavy atom. The molecule has 1 heterocycles. The first kappa shape index (κ1) is 28.0. The number of aliphatic hydroxyl groups excluding tert-OH is 4. The van der Waals surface area contributed by atoms with Gasteiger partial charge in [0.15, 0.2) is 6.04 Å². The molecule has 0 aromatic carbocycles. The highest BCUT2D eigenvalue weighted by molar-refractivity contribution is 5.85. The van der Waals surface area contributed by atoms with E-state index in [0.717, 1.165) is 0 Å². The Hall–Kier alpha value is -2.01. The summed E-state index contributed by atoms with van der Waals surface area (Å²) >= 11 is 0. The topological polar surface area (TPSA) is 234 Å². The smallest absolute Gasteiger partial charge is 0.379 e. The van der Waals surface area contributed by atoms with Crippen molar-refractivity contribution in [2.75, 3.05) is 13.2 Å². The van der Waals surface area contributed by atoms with E-state index in [1.165, 1.54) is 6.92 Å². The van der Waals surface area contributed by atoms with Gasteiger partial charge in [0.2, 0.25) is 0 Å². The lowest BCUT2D eigenvalue weighted by molar-refractivity contribution is -0.405. The summed E-state index contributed by atoms with van der Waals surface area (Å²) < 4.78 is 33.6. The number of carboxylic acid groups (broad SMARTS) is 1. The third-order valence-corrected chi connectivity index (χ3v) is 5.07. The number of quaternary nitrogens is 1. The van der Waals surface area contributed by atoms with Crippen LogP contribution < -0.4 is 16.4 Å². The Balaban J connectivity index is 2.57. The minimum atomic E-state index is -4.78. The zero-order chi connectivity index (χ0) is 24.9. The summed E-state index contributed by atoms with van der Waals surface area (Å²) in [6.45, 7) is -0.142. The van der Waals surface area contributed by atoms with E-state index in [1.807, 2.05) is 5.32 Å². The Morgan fingerprint density at radius 2 is 1.78 bits per heavy atom. The summed E-state index contributed by atoms with van der Waals surface area (Å²) in [5, 5.41) is 61.0. The Labute approximate surface area is 181 Å². The molecule has 0 unspecified atom stereocenters. The van der Waals surface area contributed by atoms with Gasteiger partial charge in [-0.25, -0.2) is 0 Å². The predicted octanol–water partition coefficient (Wildman–Crippen LogP) is -4.73. The van der Waals surface area contributed by atoms with E-state index in [0.29, 0.717) is 0 Å². The molecule has 0 saturated carbocycles. The zero-order valence-corrected chi connectivity index (χ0v) is 17.3. The van der Waals surface area contributed by atoms with Crippen LogP contribution in [0.25, 0.3) is 0 Å². The first-order valence-electron chi connectivity index (χ1n) is 9.78. The van der Waals surface area contributed by atoms with Crippen molar-refractivity contribution in [2.45, 2.75) is 74.4 Å². The zero-order valence-electron chi connectivity index (χ0n) is 17.3. The van der Waals surface area contributed by atoms with Crippen molar-refractivity contribution >= 4 is 17.8 Å². The van der Waals surface area contributed by atoms with Crippen LogP contribution in [0.1, 0.15) is 26.2 Å². The highest BCUT2D eigenvalue weighted by atomic mass is 19.3. The summed E-state index contributed by atoms with van der Waals surface area (Å²) in [5.74, 6) is -12.6. The van der Waals surface area contributed by atoms with E-state index in [4.69, 9.17) is 10.2 Å². The maximum Gasteiger partial charge on any atom is 0.379 e. The second-order valence-electron chi connectivity index (χ2n) is 7.55. The van der Waals surface area contributed by atoms with Gasteiger partial charge in [0.1, 0.15) is 30.5 Å². The minimum absolute atomic E-state index is 0.109. The standard InChI is InChI=1S/C17H29F2N3O10/c1-7(14(28)29)22-13(27)8(20)4-2-3-5-21-15(30)16(18,19)17(31)12(26)11(25)10(24)9(6-23)32-17/h7-12,23-26,31H,2-6,20H2,1H3,(H,21,30)(H,22,27)(H,28,29)/p+1/t7-,8-,9+,10-,11-,12+,17+/m0/s1. The molecule has 0 aromatic heterocycles. The molecule has 0 spiro atoms. The van der Waals surface area contributed by atoms with Crippen LogP contribution >= 0.6 is 0 Å². The van der Waals surface area contributed by atoms with Gasteiger partial charge in [0, 0.05) is 13.0 Å². The van der Waals surface area contributed by atoms with Crippen LogP contribution in [0.4, 0.5) is 8.78 Å². The lowest BCUT2D eigenvalue weighted by Gasteiger charge is -2.47. The molecule has 0 aromatic rings. The molecule has 11 N–H and O–H groups in total. The van der Waals surface area contributed by atoms with Gasteiger partial charge in [0.05, 0.1) is 6.61 Å². The van der Waals surface area contributed by atoms with Crippen LogP contribution in [0, 0.1) is 0 Å². The molecule has 32 heavy (non-hydrogen) atoms. The molecule has 1 aliphatic rings. The number of nitrogens with one attached hydrogen (secondary N) is 2. The number of unbranched alkanes of at least 4 members (excludes halogenated alkanes) is 1. The average Bonchev–Trinajstić information content (AvgIpc) is 2.73. The van der Waals surface area contributed by atoms with Crippen molar-refractivity contribution in [3.8, 4) is 0 Å². The normalized spacial score (nSPS) is 30.3. The fourth-order valence-corrected chi connectivity index (χ4v) is 2.93. The van der Waals surface area contributed by atoms with Gasteiger partial charge >= 0.3 is 11.9 Å². The van der Waals surface area contributed by atoms with E-state index in [-0.39, 0.29) is 25.8 Å². The number of aliphatic hydroxyl groups is 5. The maximum absolute atomic E-state index is 14.5. The van der Waals surface area contributed by atoms with E-state index >= 15 is 0 Å². The third kappa shape index (κ3) is 6.06. The predicted molar refractivity (Wildman–Crippen MR) is 98.7 cm³/mol. The number of alkyl halides is 2. The van der Waals surface area contributed by atoms with Gasteiger partial charge in [-0.3, -0.25) is 14.4 Å². The second kappa shape index (κ2) is 11.2. The van der Waals surface area contributed by atoms with E-state index < -0.39 is 72.6 Å². The van der Waals surface area contributed by atoms with Gasteiger partial charge in [0.25, 0.3) is 17.6 Å². The quantitative estimate of drug-likeness (QED) is 0.130. The second-order valence-corrected chi connectivity index (χ2v) is 7.55. The number of carbonyl (C=O) groups excluding carboxylic acids is 2. The summed E-state index contributed by atoms with van der Waals surface area (Å²) in [5.41, 5.74) is 3.58. The number of carbonyl (C=O) groups is 3. The lowest BCUT2D eigenvalue weighted by Crippen LogP contribution is -2.73. The number of carboxylic acids is 1. The molecular formula is C17H30F2N3O10+. The number of halogens is 2. The van der Waals surface area contributed by atoms with Crippen molar-refractivity contribution in [1.29, 1.82) is 0 Å². The van der Waals surface area contributed by atoms with Gasteiger partial charge in [-0.15, -0.1) is 0 Å². The van der Waals surface area contributed by atoms with Gasteiger partial charge < -0.3 is 51.7 Å². The average molecular weight is 474 g/mol. The molecule has 1 saturated heterocycles. The molecule has 7 atom stereocenters. The Bertz CT molecular complexity index is 683. The van der Waals surface area contributed by atoms with Crippen molar-refractivity contribution in [1.82, 2.24) is 10.6 Å². The molecule has 0 aliphatic carbocycles. The van der Waals surface area contributed by atoms with Crippen molar-refractivity contribution < 1.29 is 64.3 Å². The van der Waals surface area contributed by atoms with Crippen LogP contribution in [0.15, 0.2) is 0 Å². The van der Waals surface area contributed by atoms with Crippen molar-refractivity contribution in [3.63, 3.8) is 0 Å². The number of hydrogen-bond donors (Lipinski definition) is 9. The molecule has 13 nitrogen and oxygen atoms in total. The fourth-order valence-electron chi connectivity index (χ4n) is 2.93. The van der Waals surface area contributed by atoms with Crippen LogP contribution in [0.3, 0.4) is 0 Å². The van der Waals surface area contributed by atoms with E-state index in [1.54, 1.807) is 0 Å². The van der Waals surface area contributed by atoms with Gasteiger partial charge in [-0.2, -0.15) is 8.78 Å². The Morgan fingerprint density at radius 1 is 1.19 bits per heavy atom. The first-order valence-corrected chi connectivity index (χ1v) is 9.78. The number of hydrogen-bond acceptors (Lipinski definition) is 9. The summed E-state index contributed by atoms with van der Waals surface area (Å²) in [6, 6.07) is -1.93. The van der Waals surface area contributed by atoms with E-state index in [2.05, 4.69) is 15.8 Å². The number of aliphatic carboxylic acids is 1. The monoisotopic (exact) mass is 474 g/mol. The Kier molecular flexibility index (Phi) is 9.83. The molecule has 1 aliphatic heterocycles. The summed E-state index contributed by atoms with van der Waals surface area (Å²) in [4.78, 5) is 34.4. The highest BCUT2D eigenvalue weighted by Gasteiger charge is 2.69. The molecule has 2 amide bonds. The number of rotatable bonds is 11. The highest BCUT2D eigenvalue weighted by Crippen LogP contribution is 2.39. The third-order valence-electron chi connectivity index (χ3n) is 5.07. The molecular weight excluding hydrogens is 444 g/mol. The molecule has 0 radical (unpaired) electrons. The molecule has 1 fully saturated rings. The largest absolute Gasteiger partial charge is 0.480 e.